The van der Waals surface area contributed by atoms with E-state index in [1.165, 1.54) is 0 Å². The number of fused-ring (bicyclic) bond motifs is 1. The summed E-state index contributed by atoms with van der Waals surface area (Å²) in [5.74, 6) is 0.804. The first-order chi connectivity index (χ1) is 17.3. The van der Waals surface area contributed by atoms with E-state index in [4.69, 9.17) is 9.47 Å². The van der Waals surface area contributed by atoms with Gasteiger partial charge in [0.05, 0.1) is 31.3 Å². The largest absolute Gasteiger partial charge is 0.507 e. The maximum absolute atomic E-state index is 13.6. The minimum atomic E-state index is -3.24. The lowest BCUT2D eigenvalue weighted by Gasteiger charge is -2.31. The zero-order valence-electron chi connectivity index (χ0n) is 20.2. The van der Waals surface area contributed by atoms with Gasteiger partial charge in [0.1, 0.15) is 17.1 Å². The number of hydrogen-bond donors (Lipinski definition) is 2. The molecule has 190 valence electrons. The number of nitrogens with one attached hydrogen (secondary N) is 1. The molecule has 10 heteroatoms. The molecule has 0 saturated carbocycles. The summed E-state index contributed by atoms with van der Waals surface area (Å²) in [4.78, 5) is 15.3. The van der Waals surface area contributed by atoms with Crippen molar-refractivity contribution in [3.05, 3.63) is 59.3 Å². The number of methoxy groups -OCH3 is 1. The second-order valence-electron chi connectivity index (χ2n) is 9.16. The second kappa shape index (κ2) is 9.50. The molecule has 36 heavy (non-hydrogen) atoms. The topological polar surface area (TPSA) is 122 Å². The van der Waals surface area contributed by atoms with Crippen LogP contribution in [0.25, 0.3) is 11.3 Å². The average molecular weight is 512 g/mol. The molecule has 1 saturated heterocycles. The first-order valence-corrected chi connectivity index (χ1v) is 13.9. The molecule has 5 rings (SSSR count). The lowest BCUT2D eigenvalue weighted by Crippen LogP contribution is -2.40. The maximum Gasteiger partial charge on any atom is 0.273 e. The van der Waals surface area contributed by atoms with Gasteiger partial charge in [-0.1, -0.05) is 31.5 Å². The highest BCUT2D eigenvalue weighted by molar-refractivity contribution is 7.91. The predicted molar refractivity (Wildman–Crippen MR) is 134 cm³/mol. The Labute approximate surface area is 210 Å². The van der Waals surface area contributed by atoms with Crippen LogP contribution >= 0.6 is 0 Å². The number of phenolic OH excluding ortho intramolecular Hbond substituents is 1. The van der Waals surface area contributed by atoms with Gasteiger partial charge in [-0.05, 0) is 42.7 Å². The molecule has 0 bridgehead atoms. The zero-order chi connectivity index (χ0) is 25.4. The Kier molecular flexibility index (Phi) is 6.38. The molecule has 2 aliphatic rings. The number of unbranched alkanes of at least 4 members (excludes halogenated alkanes) is 1. The van der Waals surface area contributed by atoms with Crippen molar-refractivity contribution in [2.75, 3.05) is 25.2 Å². The Morgan fingerprint density at radius 1 is 1.19 bits per heavy atom. The van der Waals surface area contributed by atoms with Crippen LogP contribution in [0.5, 0.6) is 17.2 Å². The van der Waals surface area contributed by atoms with E-state index in [0.717, 1.165) is 18.4 Å². The SMILES string of the molecule is CCCCOc1ccc(C2c3c(-c4ccccc4O)n[nH]c3C(=O)N2C2CCS(=O)(=O)C2)cc1OC. The third-order valence-corrected chi connectivity index (χ3v) is 8.57. The van der Waals surface area contributed by atoms with Crippen molar-refractivity contribution in [3.63, 3.8) is 0 Å². The monoisotopic (exact) mass is 511 g/mol. The van der Waals surface area contributed by atoms with E-state index < -0.39 is 21.9 Å². The molecule has 2 aliphatic heterocycles. The minimum absolute atomic E-state index is 0.0390. The first kappa shape index (κ1) is 24.2. The van der Waals surface area contributed by atoms with Gasteiger partial charge in [-0.2, -0.15) is 5.10 Å². The van der Waals surface area contributed by atoms with Crippen molar-refractivity contribution < 1.29 is 27.8 Å². The number of benzene rings is 2. The molecule has 1 fully saturated rings. The standard InChI is InChI=1S/C26H29N3O6S/c1-3-4-12-35-20-10-9-16(14-21(20)34-2)25-22-23(18-7-5-6-8-19(18)30)27-28-24(22)26(31)29(25)17-11-13-36(32,33)15-17/h5-10,14,17,25,30H,3-4,11-13,15H2,1-2H3,(H,27,28). The van der Waals surface area contributed by atoms with E-state index in [9.17, 15) is 18.3 Å². The van der Waals surface area contributed by atoms with Crippen molar-refractivity contribution in [1.29, 1.82) is 0 Å². The second-order valence-corrected chi connectivity index (χ2v) is 11.4. The van der Waals surface area contributed by atoms with Gasteiger partial charge in [-0.3, -0.25) is 9.89 Å². The predicted octanol–water partition coefficient (Wildman–Crippen LogP) is 3.70. The van der Waals surface area contributed by atoms with E-state index in [1.54, 1.807) is 36.3 Å². The number of phenols is 1. The van der Waals surface area contributed by atoms with Crippen LogP contribution in [0.2, 0.25) is 0 Å². The number of aromatic hydroxyl groups is 1. The Morgan fingerprint density at radius 2 is 2.00 bits per heavy atom. The van der Waals surface area contributed by atoms with Crippen molar-refractivity contribution in [2.45, 2.75) is 38.3 Å². The van der Waals surface area contributed by atoms with Gasteiger partial charge < -0.3 is 19.5 Å². The van der Waals surface area contributed by atoms with E-state index in [1.807, 2.05) is 18.2 Å². The number of aromatic nitrogens is 2. The number of aromatic amines is 1. The van der Waals surface area contributed by atoms with Crippen molar-refractivity contribution in [2.24, 2.45) is 0 Å². The molecule has 2 N–H and O–H groups in total. The number of H-pyrrole nitrogens is 1. The molecule has 3 heterocycles. The Hall–Kier alpha value is -3.53. The number of hydrogen-bond acceptors (Lipinski definition) is 7. The molecule has 0 radical (unpaired) electrons. The molecular weight excluding hydrogens is 482 g/mol. The first-order valence-electron chi connectivity index (χ1n) is 12.0. The Balaban J connectivity index is 1.63. The zero-order valence-corrected chi connectivity index (χ0v) is 21.0. The van der Waals surface area contributed by atoms with Gasteiger partial charge in [-0.25, -0.2) is 8.42 Å². The number of nitrogens with zero attached hydrogens (tertiary/aromatic N) is 2. The van der Waals surface area contributed by atoms with Crippen LogP contribution in [0.15, 0.2) is 42.5 Å². The highest BCUT2D eigenvalue weighted by atomic mass is 32.2. The van der Waals surface area contributed by atoms with Gasteiger partial charge in [0, 0.05) is 17.2 Å². The number of carbonyl (C=O) groups is 1. The summed E-state index contributed by atoms with van der Waals surface area (Å²) in [6.07, 6.45) is 2.28. The summed E-state index contributed by atoms with van der Waals surface area (Å²) in [7, 11) is -1.68. The van der Waals surface area contributed by atoms with Gasteiger partial charge in [0.2, 0.25) is 0 Å². The lowest BCUT2D eigenvalue weighted by molar-refractivity contribution is 0.0677. The van der Waals surface area contributed by atoms with E-state index >= 15 is 0 Å². The molecule has 2 aromatic carbocycles. The number of amides is 1. The van der Waals surface area contributed by atoms with Gasteiger partial charge in [0.25, 0.3) is 5.91 Å². The van der Waals surface area contributed by atoms with Crippen molar-refractivity contribution >= 4 is 15.7 Å². The smallest absolute Gasteiger partial charge is 0.273 e. The van der Waals surface area contributed by atoms with Crippen LogP contribution < -0.4 is 9.47 Å². The number of ether oxygens (including phenoxy) is 2. The maximum atomic E-state index is 13.6. The van der Waals surface area contributed by atoms with Crippen LogP contribution in [0.4, 0.5) is 0 Å². The summed E-state index contributed by atoms with van der Waals surface area (Å²) in [5, 5.41) is 17.8. The van der Waals surface area contributed by atoms with Gasteiger partial charge >= 0.3 is 0 Å². The third kappa shape index (κ3) is 4.19. The Bertz CT molecular complexity index is 1400. The summed E-state index contributed by atoms with van der Waals surface area (Å²) < 4.78 is 36.2. The van der Waals surface area contributed by atoms with Crippen LogP contribution in [-0.4, -0.2) is 65.8 Å². The number of para-hydroxylation sites is 1. The fourth-order valence-electron chi connectivity index (χ4n) is 5.04. The highest BCUT2D eigenvalue weighted by Gasteiger charge is 2.48. The van der Waals surface area contributed by atoms with Gasteiger partial charge in [-0.15, -0.1) is 0 Å². The number of sulfone groups is 1. The normalized spacial score (nSPS) is 20.5. The van der Waals surface area contributed by atoms with E-state index in [0.29, 0.717) is 47.0 Å². The molecule has 0 aliphatic carbocycles. The lowest BCUT2D eigenvalue weighted by atomic mass is 9.94. The molecule has 9 nitrogen and oxygen atoms in total. The summed E-state index contributed by atoms with van der Waals surface area (Å²) in [5.41, 5.74) is 2.58. The van der Waals surface area contributed by atoms with Crippen molar-refractivity contribution in [1.82, 2.24) is 15.1 Å². The van der Waals surface area contributed by atoms with Crippen LogP contribution in [-0.2, 0) is 9.84 Å². The van der Waals surface area contributed by atoms with Crippen LogP contribution in [0, 0.1) is 0 Å². The molecule has 1 aromatic heterocycles. The Morgan fingerprint density at radius 3 is 2.69 bits per heavy atom. The quantitative estimate of drug-likeness (QED) is 0.442. The fraction of sp³-hybridized carbons (Fsp3) is 0.385. The summed E-state index contributed by atoms with van der Waals surface area (Å²) in [6.45, 7) is 2.65. The fourth-order valence-corrected chi connectivity index (χ4v) is 6.75. The number of carbonyl (C=O) groups excluding carboxylic acids is 1. The molecule has 0 spiro atoms. The van der Waals surface area contributed by atoms with Gasteiger partial charge in [0.15, 0.2) is 21.3 Å². The van der Waals surface area contributed by atoms with E-state index in [2.05, 4.69) is 17.1 Å². The molecule has 2 unspecified atom stereocenters. The van der Waals surface area contributed by atoms with E-state index in [-0.39, 0.29) is 23.2 Å². The van der Waals surface area contributed by atoms with Crippen LogP contribution in [0.1, 0.15) is 53.8 Å². The number of rotatable bonds is 8. The highest BCUT2D eigenvalue weighted by Crippen LogP contribution is 2.47. The molecule has 1 amide bonds. The molecule has 2 atom stereocenters. The summed E-state index contributed by atoms with van der Waals surface area (Å²) in [6, 6.07) is 11.2. The third-order valence-electron chi connectivity index (χ3n) is 6.82. The summed E-state index contributed by atoms with van der Waals surface area (Å²) >= 11 is 0. The molecule has 3 aromatic rings. The van der Waals surface area contributed by atoms with Crippen LogP contribution in [0.3, 0.4) is 0 Å². The van der Waals surface area contributed by atoms with Crippen molar-refractivity contribution in [3.8, 4) is 28.5 Å². The molecular formula is C26H29N3O6S. The minimum Gasteiger partial charge on any atom is -0.507 e. The average Bonchev–Trinajstić information content (AvgIpc) is 3.53.